The molecule has 0 aromatic carbocycles. The Morgan fingerprint density at radius 3 is 2.90 bits per heavy atom. The van der Waals surface area contributed by atoms with Gasteiger partial charge in [0.25, 0.3) is 0 Å². The molecule has 1 aliphatic heterocycles. The Morgan fingerprint density at radius 2 is 2.10 bits per heavy atom. The third-order valence-electron chi connectivity index (χ3n) is 3.24. The van der Waals surface area contributed by atoms with Crippen LogP contribution in [0.1, 0.15) is 25.1 Å². The summed E-state index contributed by atoms with van der Waals surface area (Å²) in [6.07, 6.45) is 5.95. The number of fused-ring (bicyclic) bond motifs is 1. The van der Waals surface area contributed by atoms with E-state index in [2.05, 4.69) is 20.1 Å². The van der Waals surface area contributed by atoms with Crippen LogP contribution in [-0.2, 0) is 22.8 Å². The van der Waals surface area contributed by atoms with Crippen LogP contribution in [0.15, 0.2) is 5.16 Å². The number of nitrogens with zero attached hydrogens (tertiary/aromatic N) is 3. The first kappa shape index (κ1) is 15.8. The van der Waals surface area contributed by atoms with E-state index in [-0.39, 0.29) is 5.75 Å². The van der Waals surface area contributed by atoms with Crippen LogP contribution in [0.5, 0.6) is 0 Å². The van der Waals surface area contributed by atoms with Crippen LogP contribution >= 0.6 is 11.8 Å². The van der Waals surface area contributed by atoms with Crippen LogP contribution in [0.3, 0.4) is 0 Å². The molecule has 8 heteroatoms. The fourth-order valence-corrected chi connectivity index (χ4v) is 3.56. The molecule has 114 valence electrons. The molecule has 0 unspecified atom stereocenters. The number of nitrogens with one attached hydrogen (secondary N) is 1. The molecule has 0 radical (unpaired) electrons. The van der Waals surface area contributed by atoms with E-state index in [1.165, 1.54) is 25.5 Å². The summed E-state index contributed by atoms with van der Waals surface area (Å²) in [7, 11) is -2.87. The maximum atomic E-state index is 11.0. The van der Waals surface area contributed by atoms with Gasteiger partial charge in [0.2, 0.25) is 0 Å². The third-order valence-corrected chi connectivity index (χ3v) is 5.15. The molecule has 1 aromatic heterocycles. The highest BCUT2D eigenvalue weighted by molar-refractivity contribution is 7.99. The van der Waals surface area contributed by atoms with Crippen LogP contribution in [0, 0.1) is 0 Å². The molecule has 0 spiro atoms. The average Bonchev–Trinajstić information content (AvgIpc) is 2.60. The van der Waals surface area contributed by atoms with Crippen LogP contribution in [-0.4, -0.2) is 54.0 Å². The maximum Gasteiger partial charge on any atom is 0.191 e. The maximum absolute atomic E-state index is 11.0. The average molecular weight is 318 g/mol. The molecular formula is C12H22N4O2S2. The highest BCUT2D eigenvalue weighted by Gasteiger charge is 2.14. The summed E-state index contributed by atoms with van der Waals surface area (Å²) in [6, 6.07) is 0. The molecule has 0 bridgehead atoms. The van der Waals surface area contributed by atoms with Crippen molar-refractivity contribution in [1.29, 1.82) is 0 Å². The van der Waals surface area contributed by atoms with E-state index >= 15 is 0 Å². The van der Waals surface area contributed by atoms with E-state index in [1.807, 2.05) is 0 Å². The van der Waals surface area contributed by atoms with E-state index in [0.717, 1.165) is 36.2 Å². The van der Waals surface area contributed by atoms with Crippen LogP contribution in [0.25, 0.3) is 0 Å². The molecule has 0 atom stereocenters. The smallest absolute Gasteiger partial charge is 0.191 e. The van der Waals surface area contributed by atoms with Crippen molar-refractivity contribution in [3.8, 4) is 0 Å². The molecule has 2 rings (SSSR count). The fraction of sp³-hybridized carbons (Fsp3) is 0.833. The fourth-order valence-electron chi connectivity index (χ4n) is 2.16. The van der Waals surface area contributed by atoms with Crippen molar-refractivity contribution in [2.24, 2.45) is 0 Å². The summed E-state index contributed by atoms with van der Waals surface area (Å²) in [5.74, 6) is 2.18. The zero-order valence-corrected chi connectivity index (χ0v) is 13.5. The van der Waals surface area contributed by atoms with Crippen molar-refractivity contribution >= 4 is 21.6 Å². The molecule has 1 aromatic rings. The first-order valence-corrected chi connectivity index (χ1v) is 10.0. The Balaban J connectivity index is 1.71. The molecule has 0 saturated heterocycles. The number of thioether (sulfide) groups is 1. The monoisotopic (exact) mass is 318 g/mol. The summed E-state index contributed by atoms with van der Waals surface area (Å²) in [4.78, 5) is 0. The highest BCUT2D eigenvalue weighted by atomic mass is 32.2. The summed E-state index contributed by atoms with van der Waals surface area (Å²) in [5, 5.41) is 12.6. The Morgan fingerprint density at radius 1 is 1.25 bits per heavy atom. The normalized spacial score (nSPS) is 15.8. The second-order valence-electron chi connectivity index (χ2n) is 5.09. The minimum atomic E-state index is -2.87. The van der Waals surface area contributed by atoms with E-state index in [1.54, 1.807) is 11.8 Å². The topological polar surface area (TPSA) is 76.9 Å². The van der Waals surface area contributed by atoms with E-state index in [4.69, 9.17) is 0 Å². The lowest BCUT2D eigenvalue weighted by molar-refractivity contribution is 0.590. The van der Waals surface area contributed by atoms with Gasteiger partial charge < -0.3 is 9.88 Å². The largest absolute Gasteiger partial charge is 0.315 e. The van der Waals surface area contributed by atoms with Gasteiger partial charge in [-0.1, -0.05) is 18.2 Å². The van der Waals surface area contributed by atoms with Gasteiger partial charge in [-0.2, -0.15) is 0 Å². The zero-order chi connectivity index (χ0) is 14.4. The Labute approximate surface area is 124 Å². The van der Waals surface area contributed by atoms with Crippen molar-refractivity contribution < 1.29 is 8.42 Å². The lowest BCUT2D eigenvalue weighted by Gasteiger charge is -2.06. The van der Waals surface area contributed by atoms with Gasteiger partial charge in [0.05, 0.1) is 5.75 Å². The lowest BCUT2D eigenvalue weighted by atomic mass is 10.2. The number of rotatable bonds is 7. The molecule has 0 fully saturated rings. The van der Waals surface area contributed by atoms with Crippen LogP contribution in [0.2, 0.25) is 0 Å². The van der Waals surface area contributed by atoms with Gasteiger partial charge in [0.1, 0.15) is 15.7 Å². The van der Waals surface area contributed by atoms with Crippen LogP contribution < -0.4 is 5.32 Å². The van der Waals surface area contributed by atoms with Crippen LogP contribution in [0.4, 0.5) is 0 Å². The number of aromatic nitrogens is 3. The molecule has 0 amide bonds. The molecule has 1 N–H and O–H groups in total. The van der Waals surface area contributed by atoms with Crippen molar-refractivity contribution in [1.82, 2.24) is 20.1 Å². The van der Waals surface area contributed by atoms with E-state index < -0.39 is 9.84 Å². The summed E-state index contributed by atoms with van der Waals surface area (Å²) in [6.45, 7) is 2.31. The molecule has 0 aliphatic carbocycles. The lowest BCUT2D eigenvalue weighted by Crippen LogP contribution is -2.24. The SMILES string of the molecule is CS(=O)(=O)CCNCCSc1nnc2n1CCCCC2. The predicted molar refractivity (Wildman–Crippen MR) is 80.9 cm³/mol. The van der Waals surface area contributed by atoms with E-state index in [0.29, 0.717) is 6.54 Å². The van der Waals surface area contributed by atoms with Gasteiger partial charge in [-0.3, -0.25) is 0 Å². The van der Waals surface area contributed by atoms with Gasteiger partial charge >= 0.3 is 0 Å². The summed E-state index contributed by atoms with van der Waals surface area (Å²) in [5.41, 5.74) is 0. The van der Waals surface area contributed by atoms with Gasteiger partial charge in [-0.05, 0) is 12.8 Å². The number of sulfone groups is 1. The second kappa shape index (κ2) is 7.42. The molecule has 6 nitrogen and oxygen atoms in total. The van der Waals surface area contributed by atoms with Crippen molar-refractivity contribution in [3.05, 3.63) is 5.82 Å². The zero-order valence-electron chi connectivity index (χ0n) is 11.8. The number of aryl methyl sites for hydroxylation is 1. The molecule has 20 heavy (non-hydrogen) atoms. The third kappa shape index (κ3) is 5.06. The van der Waals surface area contributed by atoms with Gasteiger partial charge in [0, 0.05) is 38.1 Å². The molecule has 1 aliphatic rings. The van der Waals surface area contributed by atoms with Gasteiger partial charge in [-0.25, -0.2) is 8.42 Å². The number of hydrogen-bond donors (Lipinski definition) is 1. The van der Waals surface area contributed by atoms with Crippen molar-refractivity contribution in [2.45, 2.75) is 37.4 Å². The standard InChI is InChI=1S/C12H22N4O2S2/c1-20(17,18)10-7-13-6-9-19-12-15-14-11-5-3-2-4-8-16(11)12/h13H,2-10H2,1H3. The van der Waals surface area contributed by atoms with E-state index in [9.17, 15) is 8.42 Å². The summed E-state index contributed by atoms with van der Waals surface area (Å²) < 4.78 is 24.2. The Kier molecular flexibility index (Phi) is 5.86. The van der Waals surface area contributed by atoms with Gasteiger partial charge in [-0.15, -0.1) is 10.2 Å². The first-order valence-electron chi connectivity index (χ1n) is 6.99. The van der Waals surface area contributed by atoms with Crippen molar-refractivity contribution in [2.75, 3.05) is 30.9 Å². The minimum absolute atomic E-state index is 0.192. The highest BCUT2D eigenvalue weighted by Crippen LogP contribution is 2.21. The number of hydrogen-bond acceptors (Lipinski definition) is 6. The Hall–Kier alpha value is -0.600. The first-order chi connectivity index (χ1) is 9.56. The molecule has 2 heterocycles. The Bertz CT molecular complexity index is 528. The molecule has 0 saturated carbocycles. The predicted octanol–water partition coefficient (Wildman–Crippen LogP) is 0.731. The second-order valence-corrected chi connectivity index (χ2v) is 8.41. The summed E-state index contributed by atoms with van der Waals surface area (Å²) >= 11 is 1.69. The van der Waals surface area contributed by atoms with Crippen molar-refractivity contribution in [3.63, 3.8) is 0 Å². The van der Waals surface area contributed by atoms with Gasteiger partial charge in [0.15, 0.2) is 5.16 Å². The quantitative estimate of drug-likeness (QED) is 0.590. The molecular weight excluding hydrogens is 296 g/mol. The minimum Gasteiger partial charge on any atom is -0.315 e.